The number of nitrogens with zero attached hydrogens (tertiary/aromatic N) is 2. The summed E-state index contributed by atoms with van der Waals surface area (Å²) < 4.78 is 5.61. The van der Waals surface area contributed by atoms with E-state index in [1.807, 2.05) is 42.5 Å². The molecular weight excluding hydrogens is 326 g/mol. The summed E-state index contributed by atoms with van der Waals surface area (Å²) in [5, 5.41) is 22.1. The van der Waals surface area contributed by atoms with Crippen molar-refractivity contribution in [3.8, 4) is 11.8 Å². The van der Waals surface area contributed by atoms with Crippen LogP contribution in [0.2, 0.25) is 0 Å². The number of hydrogen-bond donors (Lipinski definition) is 2. The molecule has 5 heteroatoms. The van der Waals surface area contributed by atoms with E-state index in [0.29, 0.717) is 18.7 Å². The van der Waals surface area contributed by atoms with Crippen LogP contribution in [0.1, 0.15) is 17.2 Å². The maximum atomic E-state index is 10.1. The van der Waals surface area contributed by atoms with E-state index in [9.17, 15) is 5.11 Å². The first kappa shape index (κ1) is 19.9. The summed E-state index contributed by atoms with van der Waals surface area (Å²) in [4.78, 5) is 2.16. The Bertz CT molecular complexity index is 681. The van der Waals surface area contributed by atoms with Gasteiger partial charge in [-0.15, -0.1) is 0 Å². The molecule has 0 fully saturated rings. The second-order valence-corrected chi connectivity index (χ2v) is 6.49. The van der Waals surface area contributed by atoms with Gasteiger partial charge >= 0.3 is 0 Å². The van der Waals surface area contributed by atoms with E-state index in [2.05, 4.69) is 42.5 Å². The fourth-order valence-electron chi connectivity index (χ4n) is 2.71. The lowest BCUT2D eigenvalue weighted by Gasteiger charge is -2.25. The third-order valence-electron chi connectivity index (χ3n) is 4.17. The molecule has 0 aromatic heterocycles. The summed E-state index contributed by atoms with van der Waals surface area (Å²) in [5.74, 6) is 0.696. The Hall–Kier alpha value is -2.39. The summed E-state index contributed by atoms with van der Waals surface area (Å²) >= 11 is 0. The second-order valence-electron chi connectivity index (χ2n) is 6.49. The number of ether oxygens (including phenoxy) is 1. The van der Waals surface area contributed by atoms with Gasteiger partial charge in [-0.3, -0.25) is 0 Å². The molecule has 0 saturated heterocycles. The van der Waals surface area contributed by atoms with Gasteiger partial charge in [-0.25, -0.2) is 0 Å². The number of aliphatic hydroxyl groups excluding tert-OH is 1. The maximum absolute atomic E-state index is 10.1. The van der Waals surface area contributed by atoms with Crippen LogP contribution in [0.25, 0.3) is 0 Å². The minimum atomic E-state index is -0.590. The minimum Gasteiger partial charge on any atom is -0.491 e. The molecule has 5 nitrogen and oxygen atoms in total. The summed E-state index contributed by atoms with van der Waals surface area (Å²) in [6.07, 6.45) is -0.200. The van der Waals surface area contributed by atoms with Crippen molar-refractivity contribution in [2.24, 2.45) is 0 Å². The van der Waals surface area contributed by atoms with Crippen LogP contribution in [0.3, 0.4) is 0 Å². The summed E-state index contributed by atoms with van der Waals surface area (Å²) in [7, 11) is 4.10. The molecule has 0 radical (unpaired) electrons. The molecule has 2 aromatic carbocycles. The normalized spacial score (nSPS) is 13.2. The molecule has 0 aliphatic heterocycles. The van der Waals surface area contributed by atoms with Crippen LogP contribution in [-0.4, -0.2) is 49.9 Å². The fraction of sp³-hybridized carbons (Fsp3) is 0.381. The minimum absolute atomic E-state index is 0.225. The largest absolute Gasteiger partial charge is 0.491 e. The predicted octanol–water partition coefficient (Wildman–Crippen LogP) is 2.38. The quantitative estimate of drug-likeness (QED) is 0.686. The Kier molecular flexibility index (Phi) is 8.10. The van der Waals surface area contributed by atoms with Crippen molar-refractivity contribution in [2.75, 3.05) is 33.8 Å². The number of rotatable bonds is 10. The van der Waals surface area contributed by atoms with E-state index in [4.69, 9.17) is 10.00 Å². The molecule has 26 heavy (non-hydrogen) atoms. The van der Waals surface area contributed by atoms with Crippen LogP contribution in [-0.2, 0) is 6.42 Å². The molecule has 0 bridgehead atoms. The van der Waals surface area contributed by atoms with Gasteiger partial charge in [0.15, 0.2) is 0 Å². The van der Waals surface area contributed by atoms with Crippen molar-refractivity contribution in [3.05, 3.63) is 65.7 Å². The average molecular weight is 353 g/mol. The van der Waals surface area contributed by atoms with E-state index >= 15 is 0 Å². The lowest BCUT2D eigenvalue weighted by molar-refractivity contribution is 0.104. The van der Waals surface area contributed by atoms with E-state index in [-0.39, 0.29) is 12.6 Å². The summed E-state index contributed by atoms with van der Waals surface area (Å²) in [6, 6.07) is 20.1. The van der Waals surface area contributed by atoms with Gasteiger partial charge < -0.3 is 20.1 Å². The first-order valence-electron chi connectivity index (χ1n) is 8.79. The van der Waals surface area contributed by atoms with E-state index in [0.717, 1.165) is 12.1 Å². The summed E-state index contributed by atoms with van der Waals surface area (Å²) in [6.45, 7) is 1.43. The van der Waals surface area contributed by atoms with Crippen LogP contribution in [0.15, 0.2) is 54.6 Å². The number of likely N-dealkylation sites (N-methyl/N-ethyl adjacent to an activating group) is 1. The SMILES string of the molecule is CN(C)[C@H](CNC[C@@H](O)COc1ccc(CC#N)cc1)c1ccccc1. The van der Waals surface area contributed by atoms with Gasteiger partial charge in [0.25, 0.3) is 0 Å². The topological polar surface area (TPSA) is 68.5 Å². The molecule has 2 N–H and O–H groups in total. The van der Waals surface area contributed by atoms with E-state index in [1.165, 1.54) is 5.56 Å². The third kappa shape index (κ3) is 6.49. The highest BCUT2D eigenvalue weighted by molar-refractivity contribution is 5.28. The highest BCUT2D eigenvalue weighted by Gasteiger charge is 2.14. The number of benzene rings is 2. The van der Waals surface area contributed by atoms with Gasteiger partial charge in [-0.2, -0.15) is 5.26 Å². The van der Waals surface area contributed by atoms with Crippen molar-refractivity contribution >= 4 is 0 Å². The van der Waals surface area contributed by atoms with Gasteiger partial charge in [0, 0.05) is 19.1 Å². The van der Waals surface area contributed by atoms with Crippen molar-refractivity contribution < 1.29 is 9.84 Å². The first-order valence-corrected chi connectivity index (χ1v) is 8.79. The van der Waals surface area contributed by atoms with Crippen molar-refractivity contribution in [1.29, 1.82) is 5.26 Å². The van der Waals surface area contributed by atoms with Crippen molar-refractivity contribution in [2.45, 2.75) is 18.6 Å². The van der Waals surface area contributed by atoms with Gasteiger partial charge in [-0.1, -0.05) is 42.5 Å². The van der Waals surface area contributed by atoms with Crippen LogP contribution >= 0.6 is 0 Å². The molecule has 0 spiro atoms. The predicted molar refractivity (Wildman–Crippen MR) is 103 cm³/mol. The van der Waals surface area contributed by atoms with Crippen LogP contribution in [0, 0.1) is 11.3 Å². The van der Waals surface area contributed by atoms with E-state index in [1.54, 1.807) is 0 Å². The van der Waals surface area contributed by atoms with Crippen LogP contribution < -0.4 is 10.1 Å². The molecule has 0 aliphatic carbocycles. The molecular formula is C21H27N3O2. The molecule has 2 atom stereocenters. The highest BCUT2D eigenvalue weighted by atomic mass is 16.5. The monoisotopic (exact) mass is 353 g/mol. The Balaban J connectivity index is 1.74. The Morgan fingerprint density at radius 1 is 1.08 bits per heavy atom. The Morgan fingerprint density at radius 3 is 2.38 bits per heavy atom. The Labute approximate surface area is 155 Å². The lowest BCUT2D eigenvalue weighted by atomic mass is 10.1. The first-order chi connectivity index (χ1) is 12.6. The van der Waals surface area contributed by atoms with Gasteiger partial charge in [0.05, 0.1) is 12.5 Å². The van der Waals surface area contributed by atoms with Gasteiger partial charge in [0.2, 0.25) is 0 Å². The molecule has 0 heterocycles. The molecule has 0 saturated carbocycles. The standard InChI is InChI=1S/C21H27N3O2/c1-24(2)21(18-6-4-3-5-7-18)15-23-14-19(25)16-26-20-10-8-17(9-11-20)12-13-22/h3-11,19,21,23,25H,12,14-16H2,1-2H3/t19-,21-/m1/s1. The van der Waals surface area contributed by atoms with Gasteiger partial charge in [0.1, 0.15) is 18.5 Å². The number of nitrogens with one attached hydrogen (secondary N) is 1. The second kappa shape index (κ2) is 10.6. The molecule has 0 amide bonds. The molecule has 0 aliphatic rings. The van der Waals surface area contributed by atoms with E-state index < -0.39 is 6.10 Å². The van der Waals surface area contributed by atoms with Gasteiger partial charge in [-0.05, 0) is 37.4 Å². The Morgan fingerprint density at radius 2 is 1.77 bits per heavy atom. The maximum Gasteiger partial charge on any atom is 0.119 e. The number of hydrogen-bond acceptors (Lipinski definition) is 5. The molecule has 0 unspecified atom stereocenters. The zero-order valence-corrected chi connectivity index (χ0v) is 15.4. The lowest BCUT2D eigenvalue weighted by Crippen LogP contribution is -2.37. The van der Waals surface area contributed by atoms with Crippen molar-refractivity contribution in [1.82, 2.24) is 10.2 Å². The third-order valence-corrected chi connectivity index (χ3v) is 4.17. The van der Waals surface area contributed by atoms with Crippen LogP contribution in [0.4, 0.5) is 0 Å². The zero-order chi connectivity index (χ0) is 18.8. The van der Waals surface area contributed by atoms with Crippen molar-refractivity contribution in [3.63, 3.8) is 0 Å². The number of nitriles is 1. The molecule has 2 rings (SSSR count). The smallest absolute Gasteiger partial charge is 0.119 e. The fourth-order valence-corrected chi connectivity index (χ4v) is 2.71. The average Bonchev–Trinajstić information content (AvgIpc) is 2.65. The summed E-state index contributed by atoms with van der Waals surface area (Å²) in [5.41, 5.74) is 2.20. The zero-order valence-electron chi connectivity index (χ0n) is 15.4. The highest BCUT2D eigenvalue weighted by Crippen LogP contribution is 2.16. The molecule has 2 aromatic rings. The molecule has 138 valence electrons. The number of aliphatic hydroxyl groups is 1. The van der Waals surface area contributed by atoms with Crippen LogP contribution in [0.5, 0.6) is 5.75 Å².